The van der Waals surface area contributed by atoms with Crippen molar-refractivity contribution in [2.24, 2.45) is 7.05 Å². The molecule has 0 unspecified atom stereocenters. The zero-order valence-electron chi connectivity index (χ0n) is 21.6. The van der Waals surface area contributed by atoms with Crippen LogP contribution >= 0.6 is 0 Å². The molecule has 0 amide bonds. The van der Waals surface area contributed by atoms with Crippen LogP contribution in [0.4, 0.5) is 5.82 Å². The van der Waals surface area contributed by atoms with E-state index in [0.717, 1.165) is 29.7 Å². The number of esters is 1. The predicted octanol–water partition coefficient (Wildman–Crippen LogP) is 1.37. The molecule has 3 aromatic heterocycles. The number of carbonyl (C=O) groups is 1. The Hall–Kier alpha value is -4.17. The summed E-state index contributed by atoms with van der Waals surface area (Å²) in [6.45, 7) is 7.07. The van der Waals surface area contributed by atoms with E-state index in [4.69, 9.17) is 4.74 Å². The molecule has 1 saturated heterocycles. The molecule has 11 heteroatoms. The van der Waals surface area contributed by atoms with E-state index in [1.54, 1.807) is 19.2 Å². The Labute approximate surface area is 214 Å². The Kier molecular flexibility index (Phi) is 7.59. The lowest BCUT2D eigenvalue weighted by molar-refractivity contribution is 0.0598. The smallest absolute Gasteiger partial charge is 0.339 e. The minimum atomic E-state index is -0.607. The number of aromatic nitrogens is 4. The minimum Gasteiger partial charge on any atom is -0.465 e. The maximum absolute atomic E-state index is 14.0. The van der Waals surface area contributed by atoms with Crippen LogP contribution in [0.2, 0.25) is 0 Å². The number of nitriles is 1. The Morgan fingerprint density at radius 2 is 2.00 bits per heavy atom. The van der Waals surface area contributed by atoms with Crippen LogP contribution in [0, 0.1) is 11.3 Å². The van der Waals surface area contributed by atoms with Gasteiger partial charge in [-0.15, -0.1) is 0 Å². The number of hydrogen-bond donors (Lipinski definition) is 1. The molecule has 194 valence electrons. The third-order valence-electron chi connectivity index (χ3n) is 6.55. The highest BCUT2D eigenvalue weighted by Gasteiger charge is 2.28. The predicted molar refractivity (Wildman–Crippen MR) is 140 cm³/mol. The van der Waals surface area contributed by atoms with Crippen LogP contribution in [0.15, 0.2) is 39.6 Å². The number of hydrogen-bond acceptors (Lipinski definition) is 8. The van der Waals surface area contributed by atoms with Crippen LogP contribution in [0.3, 0.4) is 0 Å². The normalized spacial score (nSPS) is 13.8. The summed E-state index contributed by atoms with van der Waals surface area (Å²) in [7, 11) is 2.82. The first kappa shape index (κ1) is 25.9. The number of carbonyl (C=O) groups excluding carboxylic acids is 1. The Balaban J connectivity index is 2.02. The Morgan fingerprint density at radius 1 is 1.22 bits per heavy atom. The average molecular weight is 506 g/mol. The van der Waals surface area contributed by atoms with Gasteiger partial charge in [0.1, 0.15) is 23.0 Å². The number of fused-ring (bicyclic) bond motifs is 1. The van der Waals surface area contributed by atoms with Gasteiger partial charge in [-0.1, -0.05) is 11.6 Å². The minimum absolute atomic E-state index is 0.175. The molecule has 0 bridgehead atoms. The number of nitrogens with one attached hydrogen (secondary N) is 1. The summed E-state index contributed by atoms with van der Waals surface area (Å²) in [5, 5.41) is 13.6. The van der Waals surface area contributed by atoms with Gasteiger partial charge in [-0.2, -0.15) is 5.26 Å². The van der Waals surface area contributed by atoms with Crippen LogP contribution < -0.4 is 21.5 Å². The van der Waals surface area contributed by atoms with Gasteiger partial charge in [-0.25, -0.2) is 9.59 Å². The van der Waals surface area contributed by atoms with E-state index in [0.29, 0.717) is 36.5 Å². The number of anilines is 1. The molecule has 1 fully saturated rings. The van der Waals surface area contributed by atoms with Gasteiger partial charge in [-0.05, 0) is 38.9 Å². The van der Waals surface area contributed by atoms with E-state index in [9.17, 15) is 19.6 Å². The van der Waals surface area contributed by atoms with Gasteiger partial charge in [0.25, 0.3) is 5.56 Å². The molecule has 4 rings (SSSR count). The summed E-state index contributed by atoms with van der Waals surface area (Å²) in [4.78, 5) is 46.1. The molecule has 0 atom stereocenters. The summed E-state index contributed by atoms with van der Waals surface area (Å²) in [5.74, 6) is 0.0291. The third-order valence-corrected chi connectivity index (χ3v) is 6.55. The quantitative estimate of drug-likeness (QED) is 0.393. The number of aryl methyl sites for hydroxylation is 1. The first-order chi connectivity index (χ1) is 17.8. The van der Waals surface area contributed by atoms with E-state index in [2.05, 4.69) is 21.3 Å². The third kappa shape index (κ3) is 4.80. The van der Waals surface area contributed by atoms with Crippen molar-refractivity contribution in [2.45, 2.75) is 33.4 Å². The van der Waals surface area contributed by atoms with Crippen molar-refractivity contribution in [3.05, 3.63) is 67.6 Å². The maximum Gasteiger partial charge on any atom is 0.339 e. The van der Waals surface area contributed by atoms with Crippen molar-refractivity contribution in [2.75, 3.05) is 38.2 Å². The molecule has 3 aromatic rings. The number of rotatable bonds is 6. The van der Waals surface area contributed by atoms with Gasteiger partial charge in [-0.3, -0.25) is 18.9 Å². The second-order valence-electron chi connectivity index (χ2n) is 9.21. The molecule has 11 nitrogen and oxygen atoms in total. The molecule has 1 N–H and O–H groups in total. The van der Waals surface area contributed by atoms with E-state index in [-0.39, 0.29) is 23.3 Å². The van der Waals surface area contributed by atoms with Gasteiger partial charge < -0.3 is 19.5 Å². The molecule has 0 aromatic carbocycles. The van der Waals surface area contributed by atoms with Gasteiger partial charge in [0.15, 0.2) is 0 Å². The lowest BCUT2D eigenvalue weighted by Crippen LogP contribution is -2.40. The molecule has 0 spiro atoms. The van der Waals surface area contributed by atoms with E-state index in [1.165, 1.54) is 17.9 Å². The molecule has 0 radical (unpaired) electrons. The van der Waals surface area contributed by atoms with E-state index < -0.39 is 17.2 Å². The zero-order valence-corrected chi connectivity index (χ0v) is 21.6. The van der Waals surface area contributed by atoms with Gasteiger partial charge in [0.2, 0.25) is 0 Å². The van der Waals surface area contributed by atoms with Crippen molar-refractivity contribution in [1.82, 2.24) is 24.0 Å². The molecule has 1 aliphatic heterocycles. The van der Waals surface area contributed by atoms with Gasteiger partial charge in [0, 0.05) is 39.4 Å². The Bertz CT molecular complexity index is 1530. The summed E-state index contributed by atoms with van der Waals surface area (Å²) in [5.41, 5.74) is 1.21. The van der Waals surface area contributed by atoms with Crippen molar-refractivity contribution in [3.8, 4) is 6.07 Å². The van der Waals surface area contributed by atoms with E-state index >= 15 is 0 Å². The SMILES string of the molecule is COC(=O)c1cccnc1Cn1c(=O)c2c(c(C#N)c(N3CCCNCC3)n2CC=C(C)C)n(C)c1=O. The lowest BCUT2D eigenvalue weighted by atomic mass is 10.2. The molecule has 0 aliphatic carbocycles. The van der Waals surface area contributed by atoms with Crippen LogP contribution in [0.25, 0.3) is 11.0 Å². The van der Waals surface area contributed by atoms with Crippen molar-refractivity contribution in [3.63, 3.8) is 0 Å². The fourth-order valence-corrected chi connectivity index (χ4v) is 4.72. The fraction of sp³-hybridized carbons (Fsp3) is 0.423. The molecule has 4 heterocycles. The lowest BCUT2D eigenvalue weighted by Gasteiger charge is -2.24. The van der Waals surface area contributed by atoms with Crippen LogP contribution in [-0.4, -0.2) is 57.9 Å². The second-order valence-corrected chi connectivity index (χ2v) is 9.21. The maximum atomic E-state index is 14.0. The Morgan fingerprint density at radius 3 is 2.70 bits per heavy atom. The molecule has 0 saturated carbocycles. The first-order valence-corrected chi connectivity index (χ1v) is 12.2. The van der Waals surface area contributed by atoms with Crippen molar-refractivity contribution >= 4 is 22.8 Å². The highest BCUT2D eigenvalue weighted by atomic mass is 16.5. The van der Waals surface area contributed by atoms with Gasteiger partial charge in [0.05, 0.1) is 30.4 Å². The summed E-state index contributed by atoms with van der Waals surface area (Å²) < 4.78 is 9.09. The van der Waals surface area contributed by atoms with Gasteiger partial charge >= 0.3 is 11.7 Å². The number of methoxy groups -OCH3 is 1. The largest absolute Gasteiger partial charge is 0.465 e. The highest BCUT2D eigenvalue weighted by molar-refractivity contribution is 5.91. The monoisotopic (exact) mass is 505 g/mol. The fourth-order valence-electron chi connectivity index (χ4n) is 4.72. The summed E-state index contributed by atoms with van der Waals surface area (Å²) in [6, 6.07) is 5.41. The molecular formula is C26H31N7O4. The molecular weight excluding hydrogens is 474 g/mol. The highest BCUT2D eigenvalue weighted by Crippen LogP contribution is 2.31. The second kappa shape index (κ2) is 10.8. The van der Waals surface area contributed by atoms with Crippen LogP contribution in [0.5, 0.6) is 0 Å². The van der Waals surface area contributed by atoms with Crippen molar-refractivity contribution < 1.29 is 9.53 Å². The molecule has 37 heavy (non-hydrogen) atoms. The first-order valence-electron chi connectivity index (χ1n) is 12.2. The van der Waals surface area contributed by atoms with Crippen molar-refractivity contribution in [1.29, 1.82) is 5.26 Å². The van der Waals surface area contributed by atoms with Crippen LogP contribution in [0.1, 0.15) is 41.9 Å². The van der Waals surface area contributed by atoms with E-state index in [1.807, 2.05) is 24.5 Å². The standard InChI is InChI=1S/C26H31N7O4/c1-17(2)8-13-32-22-21(19(15-27)23(32)31-12-6-9-28-11-14-31)30(3)26(36)33(24(22)34)16-20-18(25(35)37-4)7-5-10-29-20/h5,7-8,10,28H,6,9,11-14,16H2,1-4H3. The average Bonchev–Trinajstić information content (AvgIpc) is 3.02. The number of ether oxygens (including phenoxy) is 1. The van der Waals surface area contributed by atoms with Crippen LogP contribution in [-0.2, 0) is 24.9 Å². The molecule has 1 aliphatic rings. The number of nitrogens with zero attached hydrogens (tertiary/aromatic N) is 6. The topological polar surface area (TPSA) is 127 Å². The zero-order chi connectivity index (χ0) is 26.7. The number of allylic oxidation sites excluding steroid dienone is 2. The number of pyridine rings is 1. The summed E-state index contributed by atoms with van der Waals surface area (Å²) in [6.07, 6.45) is 4.37. The summed E-state index contributed by atoms with van der Waals surface area (Å²) >= 11 is 0.